The van der Waals surface area contributed by atoms with Crippen LogP contribution in [-0.2, 0) is 13.0 Å². The van der Waals surface area contributed by atoms with Gasteiger partial charge in [0.25, 0.3) is 0 Å². The number of para-hydroxylation sites is 1. The molecule has 196 valence electrons. The number of fused-ring (bicyclic) bond motifs is 1. The number of quaternary nitrogens is 1. The molecule has 4 rings (SSSR count). The van der Waals surface area contributed by atoms with E-state index in [4.69, 9.17) is 25.8 Å². The first-order valence-corrected chi connectivity index (χ1v) is 13.5. The topological polar surface area (TPSA) is 91.8 Å². The van der Waals surface area contributed by atoms with Crippen molar-refractivity contribution in [1.29, 1.82) is 0 Å². The highest BCUT2D eigenvalue weighted by atomic mass is 16.5. The second kappa shape index (κ2) is 12.0. The van der Waals surface area contributed by atoms with Gasteiger partial charge in [-0.1, -0.05) is 18.2 Å². The van der Waals surface area contributed by atoms with E-state index in [0.717, 1.165) is 73.7 Å². The van der Waals surface area contributed by atoms with Crippen molar-refractivity contribution in [1.82, 2.24) is 9.91 Å². The van der Waals surface area contributed by atoms with E-state index < -0.39 is 0 Å². The molecule has 2 aliphatic rings. The van der Waals surface area contributed by atoms with Gasteiger partial charge in [0.2, 0.25) is 0 Å². The molecule has 36 heavy (non-hydrogen) atoms. The molecule has 2 aromatic rings. The van der Waals surface area contributed by atoms with E-state index >= 15 is 0 Å². The molecule has 0 spiro atoms. The molecular weight excluding hydrogens is 452 g/mol. The quantitative estimate of drug-likeness (QED) is 0.307. The minimum Gasteiger partial charge on any atom is -0.493 e. The van der Waals surface area contributed by atoms with Crippen molar-refractivity contribution in [2.75, 3.05) is 26.4 Å². The molecule has 1 atom stereocenters. The van der Waals surface area contributed by atoms with Crippen molar-refractivity contribution < 1.29 is 14.2 Å². The minimum atomic E-state index is 0.340. The van der Waals surface area contributed by atoms with E-state index in [-0.39, 0.29) is 0 Å². The lowest BCUT2D eigenvalue weighted by atomic mass is 9.84. The molecule has 0 saturated heterocycles. The first kappa shape index (κ1) is 26.3. The molecule has 1 heterocycles. The molecule has 7 heteroatoms. The Morgan fingerprint density at radius 1 is 0.889 bits per heavy atom. The highest BCUT2D eigenvalue weighted by Crippen LogP contribution is 2.39. The zero-order valence-corrected chi connectivity index (χ0v) is 22.1. The summed E-state index contributed by atoms with van der Waals surface area (Å²) in [6.07, 6.45) is 7.33. The van der Waals surface area contributed by atoms with Crippen LogP contribution in [0.2, 0.25) is 0 Å². The Morgan fingerprint density at radius 3 is 2.22 bits per heavy atom. The summed E-state index contributed by atoms with van der Waals surface area (Å²) >= 11 is 0. The molecular formula is C29H43N4O3+. The first-order chi connectivity index (χ1) is 17.5. The molecule has 5 N–H and O–H groups in total. The maximum atomic E-state index is 7.00. The number of nitrogens with two attached hydrogens (primary N) is 2. The van der Waals surface area contributed by atoms with E-state index in [0.29, 0.717) is 36.4 Å². The smallest absolute Gasteiger partial charge is 0.164 e. The van der Waals surface area contributed by atoms with Crippen molar-refractivity contribution in [3.63, 3.8) is 0 Å². The van der Waals surface area contributed by atoms with Gasteiger partial charge in [-0.2, -0.15) is 10.4 Å². The normalized spacial score (nSPS) is 23.5. The van der Waals surface area contributed by atoms with Gasteiger partial charge in [-0.25, -0.2) is 0 Å². The van der Waals surface area contributed by atoms with Gasteiger partial charge >= 0.3 is 0 Å². The average Bonchev–Trinajstić information content (AvgIpc) is 2.87. The zero-order valence-electron chi connectivity index (χ0n) is 22.1. The number of hydrogen-bond acceptors (Lipinski definition) is 6. The minimum absolute atomic E-state index is 0.340. The van der Waals surface area contributed by atoms with Crippen molar-refractivity contribution in [2.45, 2.75) is 65.5 Å². The number of benzene rings is 2. The van der Waals surface area contributed by atoms with Gasteiger partial charge in [0.1, 0.15) is 18.0 Å². The van der Waals surface area contributed by atoms with Crippen LogP contribution in [0.25, 0.3) is 0 Å². The van der Waals surface area contributed by atoms with Crippen molar-refractivity contribution in [3.8, 4) is 17.2 Å². The summed E-state index contributed by atoms with van der Waals surface area (Å²) < 4.78 is 17.9. The summed E-state index contributed by atoms with van der Waals surface area (Å²) in [6.45, 7) is 9.45. The van der Waals surface area contributed by atoms with E-state index in [2.05, 4.69) is 41.8 Å². The lowest BCUT2D eigenvalue weighted by Crippen LogP contribution is -2.61. The number of hydrogen-bond donors (Lipinski definition) is 3. The standard InChI is InChI=1S/C29H43N4O3/c1-4-34-27-17-29(36-6-3)28(35-5-2)16-23(27)19-32-18-21-11-13-25(14-12-21)33(31)20-24(30)15-22-9-7-8-10-26(22)33/h7-10,16-17,20-21,25,32H,4-6,11-15,18-19,30-31H2,1-3H3/q+1. The van der Waals surface area contributed by atoms with Gasteiger partial charge in [0, 0.05) is 49.1 Å². The number of rotatable bonds is 11. The summed E-state index contributed by atoms with van der Waals surface area (Å²) in [4.78, 5) is 0. The van der Waals surface area contributed by atoms with Crippen molar-refractivity contribution in [3.05, 3.63) is 59.4 Å². The Balaban J connectivity index is 1.36. The van der Waals surface area contributed by atoms with Crippen molar-refractivity contribution in [2.24, 2.45) is 17.5 Å². The monoisotopic (exact) mass is 495 g/mol. The number of nitrogens with one attached hydrogen (secondary N) is 1. The Morgan fingerprint density at radius 2 is 1.53 bits per heavy atom. The van der Waals surface area contributed by atoms with Crippen LogP contribution >= 0.6 is 0 Å². The lowest BCUT2D eigenvalue weighted by molar-refractivity contribution is 0.183. The van der Waals surface area contributed by atoms with Gasteiger partial charge in [0.15, 0.2) is 17.2 Å². The molecule has 1 unspecified atom stereocenters. The number of allylic oxidation sites excluding steroid dienone is 1. The molecule has 1 aliphatic heterocycles. The maximum absolute atomic E-state index is 7.00. The molecule has 1 aliphatic carbocycles. The number of nitrogens with zero attached hydrogens (tertiary/aromatic N) is 1. The Labute approximate surface area is 216 Å². The van der Waals surface area contributed by atoms with E-state index in [1.54, 1.807) is 0 Å². The van der Waals surface area contributed by atoms with Crippen LogP contribution < -0.4 is 35.7 Å². The van der Waals surface area contributed by atoms with Crippen LogP contribution in [-0.4, -0.2) is 32.4 Å². The molecule has 0 bridgehead atoms. The second-order valence-electron chi connectivity index (χ2n) is 9.86. The predicted octanol–water partition coefficient (Wildman–Crippen LogP) is 4.77. The van der Waals surface area contributed by atoms with Crippen LogP contribution in [0.4, 0.5) is 5.69 Å². The fourth-order valence-electron chi connectivity index (χ4n) is 5.68. The third-order valence-corrected chi connectivity index (χ3v) is 7.38. The molecule has 0 radical (unpaired) electrons. The molecule has 0 aromatic heterocycles. The molecule has 1 saturated carbocycles. The fourth-order valence-corrected chi connectivity index (χ4v) is 5.68. The van der Waals surface area contributed by atoms with Crippen LogP contribution in [0.15, 0.2) is 48.3 Å². The summed E-state index contributed by atoms with van der Waals surface area (Å²) in [5, 5.41) is 3.67. The third-order valence-electron chi connectivity index (χ3n) is 7.38. The average molecular weight is 496 g/mol. The van der Waals surface area contributed by atoms with Gasteiger partial charge in [-0.15, -0.1) is 0 Å². The lowest BCUT2D eigenvalue weighted by Gasteiger charge is -2.42. The van der Waals surface area contributed by atoms with Crippen LogP contribution in [0.1, 0.15) is 57.6 Å². The summed E-state index contributed by atoms with van der Waals surface area (Å²) in [5.41, 5.74) is 10.7. The largest absolute Gasteiger partial charge is 0.493 e. The van der Waals surface area contributed by atoms with Crippen LogP contribution in [0, 0.1) is 5.92 Å². The van der Waals surface area contributed by atoms with Gasteiger partial charge in [0.05, 0.1) is 25.5 Å². The zero-order chi connectivity index (χ0) is 25.5. The van der Waals surface area contributed by atoms with Crippen LogP contribution in [0.5, 0.6) is 17.2 Å². The van der Waals surface area contributed by atoms with E-state index in [9.17, 15) is 0 Å². The molecule has 1 fully saturated rings. The van der Waals surface area contributed by atoms with E-state index in [1.807, 2.05) is 26.8 Å². The maximum Gasteiger partial charge on any atom is 0.164 e. The molecule has 0 amide bonds. The van der Waals surface area contributed by atoms with Gasteiger partial charge in [-0.3, -0.25) is 0 Å². The second-order valence-corrected chi connectivity index (χ2v) is 9.86. The summed E-state index contributed by atoms with van der Waals surface area (Å²) in [6, 6.07) is 12.8. The predicted molar refractivity (Wildman–Crippen MR) is 146 cm³/mol. The Kier molecular flexibility index (Phi) is 8.77. The van der Waals surface area contributed by atoms with E-state index in [1.165, 1.54) is 11.3 Å². The summed E-state index contributed by atoms with van der Waals surface area (Å²) in [5.74, 6) is 9.98. The number of ether oxygens (including phenoxy) is 3. The molecule has 7 nitrogen and oxygen atoms in total. The Bertz CT molecular complexity index is 1050. The third kappa shape index (κ3) is 5.80. The summed E-state index contributed by atoms with van der Waals surface area (Å²) in [7, 11) is 0. The highest BCUT2D eigenvalue weighted by molar-refractivity contribution is 5.56. The highest BCUT2D eigenvalue weighted by Gasteiger charge is 2.41. The fraction of sp³-hybridized carbons (Fsp3) is 0.517. The SMILES string of the molecule is CCOc1cc(OCC)c(OCC)cc1CNCC1CCC([N+]2(N)C=C(N)Cc3ccccc32)CC1. The van der Waals surface area contributed by atoms with Crippen molar-refractivity contribution >= 4 is 5.69 Å². The van der Waals surface area contributed by atoms with Gasteiger partial charge < -0.3 is 25.3 Å². The molecule has 2 aromatic carbocycles. The van der Waals surface area contributed by atoms with Crippen LogP contribution in [0.3, 0.4) is 0 Å². The Hall–Kier alpha value is -2.74. The van der Waals surface area contributed by atoms with Gasteiger partial charge in [-0.05, 0) is 52.1 Å². The first-order valence-electron chi connectivity index (χ1n) is 13.5.